The molecule has 108 valence electrons. The quantitative estimate of drug-likeness (QED) is 0.596. The number of amides is 1. The number of hydrogen-bond donors (Lipinski definition) is 3. The van der Waals surface area contributed by atoms with E-state index in [4.69, 9.17) is 0 Å². The number of aliphatic imine (C=N–C) groups is 1. The van der Waals surface area contributed by atoms with Crippen molar-refractivity contribution >= 4 is 17.8 Å². The molecule has 3 N–H and O–H groups in total. The van der Waals surface area contributed by atoms with Gasteiger partial charge in [-0.1, -0.05) is 18.2 Å². The molecule has 0 saturated heterocycles. The van der Waals surface area contributed by atoms with Gasteiger partial charge in [-0.2, -0.15) is 0 Å². The highest BCUT2D eigenvalue weighted by Gasteiger charge is 2.05. The summed E-state index contributed by atoms with van der Waals surface area (Å²) in [5, 5.41) is 21.8. The molecule has 0 saturated carbocycles. The Bertz CT molecular complexity index is 681. The van der Waals surface area contributed by atoms with Crippen LogP contribution in [0.3, 0.4) is 0 Å². The normalized spacial score (nSPS) is 10.7. The highest BCUT2D eigenvalue weighted by atomic mass is 16.3. The number of nitrogens with one attached hydrogen (secondary N) is 1. The van der Waals surface area contributed by atoms with Crippen LogP contribution in [0.1, 0.15) is 11.1 Å². The lowest BCUT2D eigenvalue weighted by atomic mass is 10.2. The first-order valence-corrected chi connectivity index (χ1v) is 6.43. The first-order valence-electron chi connectivity index (χ1n) is 6.43. The zero-order valence-corrected chi connectivity index (χ0v) is 11.6. The van der Waals surface area contributed by atoms with E-state index in [1.807, 2.05) is 6.92 Å². The van der Waals surface area contributed by atoms with Crippen LogP contribution < -0.4 is 5.32 Å². The molecule has 0 bridgehead atoms. The molecule has 0 aromatic heterocycles. The van der Waals surface area contributed by atoms with Crippen molar-refractivity contribution in [3.63, 3.8) is 0 Å². The van der Waals surface area contributed by atoms with Gasteiger partial charge in [-0.05, 0) is 36.8 Å². The van der Waals surface area contributed by atoms with Crippen LogP contribution in [0.2, 0.25) is 0 Å². The zero-order valence-electron chi connectivity index (χ0n) is 11.6. The van der Waals surface area contributed by atoms with E-state index in [-0.39, 0.29) is 24.0 Å². The Morgan fingerprint density at radius 1 is 1.19 bits per heavy atom. The van der Waals surface area contributed by atoms with E-state index < -0.39 is 0 Å². The Kier molecular flexibility index (Phi) is 4.56. The first-order chi connectivity index (χ1) is 10.1. The minimum absolute atomic E-state index is 0.0213. The lowest BCUT2D eigenvalue weighted by Gasteiger charge is -2.06. The molecular formula is C16H16N2O3. The fourth-order valence-electron chi connectivity index (χ4n) is 1.76. The van der Waals surface area contributed by atoms with E-state index >= 15 is 0 Å². The highest BCUT2D eigenvalue weighted by Crippen LogP contribution is 2.23. The van der Waals surface area contributed by atoms with Crippen molar-refractivity contribution in [2.24, 2.45) is 4.99 Å². The molecule has 0 unspecified atom stereocenters. The first kappa shape index (κ1) is 14.6. The van der Waals surface area contributed by atoms with Gasteiger partial charge in [-0.25, -0.2) is 0 Å². The molecule has 2 aromatic rings. The number of anilines is 1. The molecule has 0 aliphatic rings. The summed E-state index contributed by atoms with van der Waals surface area (Å²) in [7, 11) is 0. The molecule has 5 heteroatoms. The number of hydrogen-bond acceptors (Lipinski definition) is 4. The van der Waals surface area contributed by atoms with Crippen LogP contribution in [0.5, 0.6) is 11.5 Å². The predicted octanol–water partition coefficient (Wildman–Crippen LogP) is 2.46. The van der Waals surface area contributed by atoms with E-state index in [1.54, 1.807) is 42.5 Å². The van der Waals surface area contributed by atoms with Gasteiger partial charge in [-0.15, -0.1) is 0 Å². The van der Waals surface area contributed by atoms with E-state index in [9.17, 15) is 15.0 Å². The van der Waals surface area contributed by atoms with Crippen LogP contribution >= 0.6 is 0 Å². The topological polar surface area (TPSA) is 81.9 Å². The number of para-hydroxylation sites is 1. The van der Waals surface area contributed by atoms with Crippen LogP contribution in [0.25, 0.3) is 0 Å². The minimum atomic E-state index is -0.346. The van der Waals surface area contributed by atoms with Crippen LogP contribution in [-0.4, -0.2) is 28.9 Å². The Labute approximate surface area is 122 Å². The van der Waals surface area contributed by atoms with Crippen LogP contribution in [0, 0.1) is 6.92 Å². The number of nitrogens with zero attached hydrogens (tertiary/aromatic N) is 1. The molecule has 0 aliphatic carbocycles. The third-order valence-corrected chi connectivity index (χ3v) is 2.83. The number of benzene rings is 2. The van der Waals surface area contributed by atoms with Gasteiger partial charge >= 0.3 is 0 Å². The van der Waals surface area contributed by atoms with Crippen LogP contribution in [0.15, 0.2) is 47.5 Å². The smallest absolute Gasteiger partial charge is 0.246 e. The maximum Gasteiger partial charge on any atom is 0.246 e. The third kappa shape index (κ3) is 4.07. The number of phenolic OH excluding ortho intramolecular Hbond substituents is 2. The average molecular weight is 284 g/mol. The van der Waals surface area contributed by atoms with E-state index in [0.717, 1.165) is 5.56 Å². The highest BCUT2D eigenvalue weighted by molar-refractivity contribution is 5.95. The number of rotatable bonds is 4. The van der Waals surface area contributed by atoms with Gasteiger partial charge in [-0.3, -0.25) is 9.79 Å². The van der Waals surface area contributed by atoms with E-state index in [2.05, 4.69) is 10.3 Å². The Morgan fingerprint density at radius 2 is 1.95 bits per heavy atom. The molecule has 0 atom stereocenters. The summed E-state index contributed by atoms with van der Waals surface area (Å²) in [5.41, 5.74) is 1.80. The monoisotopic (exact) mass is 284 g/mol. The molecule has 2 aromatic carbocycles. The summed E-state index contributed by atoms with van der Waals surface area (Å²) in [5.74, 6) is -0.216. The molecule has 21 heavy (non-hydrogen) atoms. The predicted molar refractivity (Wildman–Crippen MR) is 82.0 cm³/mol. The van der Waals surface area contributed by atoms with E-state index in [0.29, 0.717) is 11.3 Å². The molecule has 5 nitrogen and oxygen atoms in total. The maximum absolute atomic E-state index is 11.7. The SMILES string of the molecule is Cc1ccc(NC(=O)CN=Cc2ccccc2O)c(O)c1. The third-order valence-electron chi connectivity index (χ3n) is 2.83. The lowest BCUT2D eigenvalue weighted by Crippen LogP contribution is -2.15. The largest absolute Gasteiger partial charge is 0.507 e. The average Bonchev–Trinajstić information content (AvgIpc) is 2.44. The summed E-state index contributed by atoms with van der Waals surface area (Å²) >= 11 is 0. The van der Waals surface area contributed by atoms with Gasteiger partial charge in [0.2, 0.25) is 5.91 Å². The summed E-state index contributed by atoms with van der Waals surface area (Å²) in [6, 6.07) is 11.7. The fraction of sp³-hybridized carbons (Fsp3) is 0.125. The number of aromatic hydroxyl groups is 2. The maximum atomic E-state index is 11.7. The van der Waals surface area contributed by atoms with Crippen molar-refractivity contribution in [1.29, 1.82) is 0 Å². The number of carbonyl (C=O) groups is 1. The van der Waals surface area contributed by atoms with Gasteiger partial charge < -0.3 is 15.5 Å². The summed E-state index contributed by atoms with van der Waals surface area (Å²) in [6.45, 7) is 1.75. The van der Waals surface area contributed by atoms with Crippen LogP contribution in [-0.2, 0) is 4.79 Å². The molecule has 0 aliphatic heterocycles. The molecule has 2 rings (SSSR count). The van der Waals surface area contributed by atoms with Gasteiger partial charge in [0, 0.05) is 11.8 Å². The van der Waals surface area contributed by atoms with Gasteiger partial charge in [0.1, 0.15) is 18.0 Å². The summed E-state index contributed by atoms with van der Waals surface area (Å²) in [6.07, 6.45) is 1.43. The minimum Gasteiger partial charge on any atom is -0.507 e. The van der Waals surface area contributed by atoms with Crippen molar-refractivity contribution < 1.29 is 15.0 Å². The van der Waals surface area contributed by atoms with Crippen molar-refractivity contribution in [2.75, 3.05) is 11.9 Å². The van der Waals surface area contributed by atoms with Crippen LogP contribution in [0.4, 0.5) is 5.69 Å². The molecule has 0 spiro atoms. The number of aryl methyl sites for hydroxylation is 1. The Morgan fingerprint density at radius 3 is 2.67 bits per heavy atom. The molecule has 0 heterocycles. The van der Waals surface area contributed by atoms with Crippen molar-refractivity contribution in [1.82, 2.24) is 0 Å². The van der Waals surface area contributed by atoms with Gasteiger partial charge in [0.25, 0.3) is 0 Å². The zero-order chi connectivity index (χ0) is 15.2. The van der Waals surface area contributed by atoms with Gasteiger partial charge in [0.15, 0.2) is 0 Å². The number of carbonyl (C=O) groups excluding carboxylic acids is 1. The number of phenols is 2. The molecular weight excluding hydrogens is 268 g/mol. The van der Waals surface area contributed by atoms with Gasteiger partial charge in [0.05, 0.1) is 5.69 Å². The van der Waals surface area contributed by atoms with Crippen molar-refractivity contribution in [2.45, 2.75) is 6.92 Å². The van der Waals surface area contributed by atoms with Crippen molar-refractivity contribution in [3.05, 3.63) is 53.6 Å². The second-order valence-corrected chi connectivity index (χ2v) is 4.60. The lowest BCUT2D eigenvalue weighted by molar-refractivity contribution is -0.114. The second-order valence-electron chi connectivity index (χ2n) is 4.60. The fourth-order valence-corrected chi connectivity index (χ4v) is 1.76. The summed E-state index contributed by atoms with van der Waals surface area (Å²) in [4.78, 5) is 15.7. The Balaban J connectivity index is 1.95. The molecule has 0 fully saturated rings. The second kappa shape index (κ2) is 6.56. The Hall–Kier alpha value is -2.82. The molecule has 1 amide bonds. The molecule has 0 radical (unpaired) electrons. The summed E-state index contributed by atoms with van der Waals surface area (Å²) < 4.78 is 0. The standard InChI is InChI=1S/C16H16N2O3/c1-11-6-7-13(15(20)8-11)18-16(21)10-17-9-12-4-2-3-5-14(12)19/h2-9,19-20H,10H2,1H3,(H,18,21). The van der Waals surface area contributed by atoms with E-state index in [1.165, 1.54) is 6.21 Å². The van der Waals surface area contributed by atoms with Crippen molar-refractivity contribution in [3.8, 4) is 11.5 Å².